The molecule has 2 rings (SSSR count). The monoisotopic (exact) mass is 307 g/mol. The van der Waals surface area contributed by atoms with Gasteiger partial charge in [-0.2, -0.15) is 0 Å². The van der Waals surface area contributed by atoms with Crippen molar-refractivity contribution in [1.29, 1.82) is 0 Å². The van der Waals surface area contributed by atoms with Gasteiger partial charge in [0.05, 0.1) is 26.4 Å². The molecule has 4 nitrogen and oxygen atoms in total. The fourth-order valence-corrected chi connectivity index (χ4v) is 3.33. The van der Waals surface area contributed by atoms with Gasteiger partial charge in [0.25, 0.3) is 0 Å². The van der Waals surface area contributed by atoms with Crippen molar-refractivity contribution in [2.75, 3.05) is 27.3 Å². The maximum atomic E-state index is 10.5. The number of nitrogens with zero attached hydrogens (tertiary/aromatic N) is 1. The number of unbranched alkanes of at least 4 members (excludes halogenated alkanes) is 2. The van der Waals surface area contributed by atoms with E-state index in [-0.39, 0.29) is 12.1 Å². The predicted molar refractivity (Wildman–Crippen MR) is 88.6 cm³/mol. The van der Waals surface area contributed by atoms with E-state index in [2.05, 4.69) is 11.8 Å². The molecule has 1 saturated heterocycles. The highest BCUT2D eigenvalue weighted by Crippen LogP contribution is 2.36. The number of hydrogen-bond acceptors (Lipinski definition) is 4. The predicted octanol–water partition coefficient (Wildman–Crippen LogP) is 3.39. The van der Waals surface area contributed by atoms with Gasteiger partial charge >= 0.3 is 0 Å². The van der Waals surface area contributed by atoms with Crippen LogP contribution in [0.3, 0.4) is 0 Å². The van der Waals surface area contributed by atoms with Crippen LogP contribution in [0.15, 0.2) is 18.2 Å². The standard InChI is InChI=1S/C18H29NO3/c1-4-5-6-11-19-12-7-8-15(20)18(19)14-9-10-16(21-2)17(13-14)22-3/h9-10,13,15,18,20H,4-8,11-12H2,1-3H3/t15-,18-/m0/s1. The van der Waals surface area contributed by atoms with Gasteiger partial charge in [0, 0.05) is 0 Å². The number of ether oxygens (including phenoxy) is 2. The van der Waals surface area contributed by atoms with Crippen molar-refractivity contribution < 1.29 is 14.6 Å². The molecular weight excluding hydrogens is 278 g/mol. The van der Waals surface area contributed by atoms with Gasteiger partial charge in [0.1, 0.15) is 0 Å². The first-order valence-corrected chi connectivity index (χ1v) is 8.35. The number of hydrogen-bond donors (Lipinski definition) is 1. The Labute approximate surface area is 134 Å². The fourth-order valence-electron chi connectivity index (χ4n) is 3.33. The normalized spacial score (nSPS) is 22.5. The summed E-state index contributed by atoms with van der Waals surface area (Å²) in [4.78, 5) is 2.42. The van der Waals surface area contributed by atoms with Crippen LogP contribution in [0, 0.1) is 0 Å². The Bertz CT molecular complexity index is 464. The summed E-state index contributed by atoms with van der Waals surface area (Å²) in [5.41, 5.74) is 1.11. The second-order valence-electron chi connectivity index (χ2n) is 6.01. The van der Waals surface area contributed by atoms with E-state index in [1.165, 1.54) is 19.3 Å². The molecule has 124 valence electrons. The molecule has 0 bridgehead atoms. The van der Waals surface area contributed by atoms with Gasteiger partial charge in [-0.1, -0.05) is 25.8 Å². The highest BCUT2D eigenvalue weighted by atomic mass is 16.5. The van der Waals surface area contributed by atoms with Crippen molar-refractivity contribution >= 4 is 0 Å². The number of likely N-dealkylation sites (tertiary alicyclic amines) is 1. The van der Waals surface area contributed by atoms with Gasteiger partial charge in [-0.3, -0.25) is 4.90 Å². The Morgan fingerprint density at radius 1 is 1.18 bits per heavy atom. The minimum Gasteiger partial charge on any atom is -0.493 e. The second kappa shape index (κ2) is 8.39. The molecule has 1 aliphatic heterocycles. The summed E-state index contributed by atoms with van der Waals surface area (Å²) in [7, 11) is 3.29. The third-order valence-corrected chi connectivity index (χ3v) is 4.50. The van der Waals surface area contributed by atoms with E-state index >= 15 is 0 Å². The number of methoxy groups -OCH3 is 2. The van der Waals surface area contributed by atoms with E-state index in [0.29, 0.717) is 0 Å². The molecule has 0 saturated carbocycles. The van der Waals surface area contributed by atoms with Gasteiger partial charge in [0.15, 0.2) is 11.5 Å². The summed E-state index contributed by atoms with van der Waals surface area (Å²) < 4.78 is 10.7. The average Bonchev–Trinajstić information content (AvgIpc) is 2.54. The lowest BCUT2D eigenvalue weighted by Gasteiger charge is -2.39. The lowest BCUT2D eigenvalue weighted by molar-refractivity contribution is 0.00882. The lowest BCUT2D eigenvalue weighted by Crippen LogP contribution is -2.42. The highest BCUT2D eigenvalue weighted by molar-refractivity contribution is 5.44. The maximum Gasteiger partial charge on any atom is 0.161 e. The molecule has 0 unspecified atom stereocenters. The van der Waals surface area contributed by atoms with E-state index in [1.807, 2.05) is 18.2 Å². The van der Waals surface area contributed by atoms with Crippen LogP contribution in [-0.4, -0.2) is 43.4 Å². The van der Waals surface area contributed by atoms with Crippen LogP contribution < -0.4 is 9.47 Å². The summed E-state index contributed by atoms with van der Waals surface area (Å²) in [6.45, 7) is 4.32. The van der Waals surface area contributed by atoms with Gasteiger partial charge in [-0.05, 0) is 50.0 Å². The fraction of sp³-hybridized carbons (Fsp3) is 0.667. The van der Waals surface area contributed by atoms with Gasteiger partial charge in [-0.15, -0.1) is 0 Å². The molecule has 22 heavy (non-hydrogen) atoms. The van der Waals surface area contributed by atoms with Crippen LogP contribution in [-0.2, 0) is 0 Å². The zero-order valence-electron chi connectivity index (χ0n) is 14.0. The number of aliphatic hydroxyl groups is 1. The van der Waals surface area contributed by atoms with E-state index in [1.54, 1.807) is 14.2 Å². The summed E-state index contributed by atoms with van der Waals surface area (Å²) >= 11 is 0. The Morgan fingerprint density at radius 3 is 2.64 bits per heavy atom. The number of piperidine rings is 1. The van der Waals surface area contributed by atoms with Crippen LogP contribution in [0.4, 0.5) is 0 Å². The van der Waals surface area contributed by atoms with E-state index in [0.717, 1.165) is 43.0 Å². The molecule has 2 atom stereocenters. The molecule has 0 amide bonds. The summed E-state index contributed by atoms with van der Waals surface area (Å²) in [6, 6.07) is 6.04. The molecule has 1 aromatic rings. The number of benzene rings is 1. The van der Waals surface area contributed by atoms with Crippen LogP contribution >= 0.6 is 0 Å². The van der Waals surface area contributed by atoms with Crippen molar-refractivity contribution in [3.05, 3.63) is 23.8 Å². The Kier molecular flexibility index (Phi) is 6.52. The summed E-state index contributed by atoms with van der Waals surface area (Å²) in [5.74, 6) is 1.46. The summed E-state index contributed by atoms with van der Waals surface area (Å²) in [5, 5.41) is 10.5. The molecule has 4 heteroatoms. The smallest absolute Gasteiger partial charge is 0.161 e. The molecule has 1 N–H and O–H groups in total. The highest BCUT2D eigenvalue weighted by Gasteiger charge is 2.31. The maximum absolute atomic E-state index is 10.5. The molecule has 0 aromatic heterocycles. The van der Waals surface area contributed by atoms with E-state index in [4.69, 9.17) is 9.47 Å². The second-order valence-corrected chi connectivity index (χ2v) is 6.01. The largest absolute Gasteiger partial charge is 0.493 e. The topological polar surface area (TPSA) is 41.9 Å². The first-order chi connectivity index (χ1) is 10.7. The minimum atomic E-state index is -0.312. The molecule has 1 heterocycles. The zero-order chi connectivity index (χ0) is 15.9. The van der Waals surface area contributed by atoms with Crippen LogP contribution in [0.1, 0.15) is 50.6 Å². The van der Waals surface area contributed by atoms with E-state index < -0.39 is 0 Å². The first-order valence-electron chi connectivity index (χ1n) is 8.35. The zero-order valence-corrected chi connectivity index (χ0v) is 14.0. The SMILES string of the molecule is CCCCCN1CCC[C@H](O)[C@@H]1c1ccc(OC)c(OC)c1. The minimum absolute atomic E-state index is 0.0606. The van der Waals surface area contributed by atoms with Crippen LogP contribution in [0.2, 0.25) is 0 Å². The van der Waals surface area contributed by atoms with Gasteiger partial charge in [0.2, 0.25) is 0 Å². The molecule has 1 aromatic carbocycles. The van der Waals surface area contributed by atoms with Crippen LogP contribution in [0.5, 0.6) is 11.5 Å². The van der Waals surface area contributed by atoms with Gasteiger partial charge in [-0.25, -0.2) is 0 Å². The van der Waals surface area contributed by atoms with Crippen molar-refractivity contribution in [3.63, 3.8) is 0 Å². The van der Waals surface area contributed by atoms with Crippen molar-refractivity contribution in [3.8, 4) is 11.5 Å². The lowest BCUT2D eigenvalue weighted by atomic mass is 9.92. The quantitative estimate of drug-likeness (QED) is 0.784. The molecular formula is C18H29NO3. The van der Waals surface area contributed by atoms with Crippen LogP contribution in [0.25, 0.3) is 0 Å². The summed E-state index contributed by atoms with van der Waals surface area (Å²) in [6.07, 6.45) is 5.27. The third kappa shape index (κ3) is 3.93. The van der Waals surface area contributed by atoms with E-state index in [9.17, 15) is 5.11 Å². The van der Waals surface area contributed by atoms with Gasteiger partial charge < -0.3 is 14.6 Å². The number of rotatable bonds is 7. The Hall–Kier alpha value is -1.26. The van der Waals surface area contributed by atoms with Crippen molar-refractivity contribution in [2.45, 2.75) is 51.2 Å². The Balaban J connectivity index is 2.20. The average molecular weight is 307 g/mol. The third-order valence-electron chi connectivity index (χ3n) is 4.50. The molecule has 0 aliphatic carbocycles. The molecule has 0 radical (unpaired) electrons. The Morgan fingerprint density at radius 2 is 1.95 bits per heavy atom. The van der Waals surface area contributed by atoms with Crippen molar-refractivity contribution in [1.82, 2.24) is 4.90 Å². The van der Waals surface area contributed by atoms with Crippen molar-refractivity contribution in [2.24, 2.45) is 0 Å². The molecule has 0 spiro atoms. The molecule has 1 fully saturated rings. The molecule has 1 aliphatic rings. The first kappa shape index (κ1) is 17.1. The number of aliphatic hydroxyl groups excluding tert-OH is 1.